The quantitative estimate of drug-likeness (QED) is 0.205. The van der Waals surface area contributed by atoms with Gasteiger partial charge in [-0.25, -0.2) is 9.99 Å². The Hall–Kier alpha value is -4.52. The fourth-order valence-electron chi connectivity index (χ4n) is 6.41. The number of nitrogens with zero attached hydrogens (tertiary/aromatic N) is 6. The number of hydrogen-bond acceptors (Lipinski definition) is 6. The zero-order valence-electron chi connectivity index (χ0n) is 27.2. The summed E-state index contributed by atoms with van der Waals surface area (Å²) in [4.78, 5) is 35.6. The second-order valence-electron chi connectivity index (χ2n) is 12.4. The van der Waals surface area contributed by atoms with Crippen molar-refractivity contribution >= 4 is 28.4 Å². The largest absolute Gasteiger partial charge is 0.313 e. The number of nitrogens with one attached hydrogen (secondary N) is 1. The number of hydrazine groups is 1. The van der Waals surface area contributed by atoms with Gasteiger partial charge in [-0.1, -0.05) is 81.3 Å². The van der Waals surface area contributed by atoms with Gasteiger partial charge in [-0.2, -0.15) is 5.26 Å². The number of piperidine rings is 1. The number of hydrogen-bond donors (Lipinski definition) is 1. The smallest absolute Gasteiger partial charge is 0.248 e. The summed E-state index contributed by atoms with van der Waals surface area (Å²) >= 11 is 0. The average Bonchev–Trinajstić information content (AvgIpc) is 3.52. The van der Waals surface area contributed by atoms with Gasteiger partial charge in [-0.3, -0.25) is 24.8 Å². The number of rotatable bonds is 13. The summed E-state index contributed by atoms with van der Waals surface area (Å²) < 4.78 is 1.98. The van der Waals surface area contributed by atoms with Crippen molar-refractivity contribution in [2.45, 2.75) is 65.6 Å². The lowest BCUT2D eigenvalue weighted by Crippen LogP contribution is -2.53. The molecule has 1 N–H and O–H groups in total. The molecule has 0 bridgehead atoms. The highest BCUT2D eigenvalue weighted by molar-refractivity contribution is 5.91. The highest BCUT2D eigenvalue weighted by atomic mass is 16.2. The minimum absolute atomic E-state index is 0.0368. The van der Waals surface area contributed by atoms with Crippen LogP contribution >= 0.6 is 0 Å². The number of carbonyl (C=O) groups is 2. The zero-order valence-corrected chi connectivity index (χ0v) is 27.2. The molecule has 1 aliphatic rings. The maximum Gasteiger partial charge on any atom is 0.248 e. The van der Waals surface area contributed by atoms with Crippen molar-refractivity contribution in [2.75, 3.05) is 31.1 Å². The van der Waals surface area contributed by atoms with E-state index >= 15 is 0 Å². The van der Waals surface area contributed by atoms with Gasteiger partial charge < -0.3 is 4.57 Å². The standard InChI is InChI=1S/C37H45N7O2/c1-4-28(2)35(44(29(3)45)37-22-39-27-42(37)23-31-17-15-30(21-38)16-18-31)25-41(26-36(46)40-43-19-8-5-9-20-43)24-33-13-10-12-32-11-6-7-14-34(32)33/h6-7,10-18,22,27-28,35H,4-5,8-9,19-20,23-26H2,1-3H3,(H,40,46). The van der Waals surface area contributed by atoms with Crippen molar-refractivity contribution in [3.8, 4) is 6.07 Å². The fourth-order valence-corrected chi connectivity index (χ4v) is 6.41. The highest BCUT2D eigenvalue weighted by Crippen LogP contribution is 2.27. The number of imidazole rings is 1. The summed E-state index contributed by atoms with van der Waals surface area (Å²) in [5.74, 6) is 0.743. The lowest BCUT2D eigenvalue weighted by Gasteiger charge is -2.38. The SMILES string of the molecule is CCC(C)C(CN(CC(=O)NN1CCCCC1)Cc1cccc2ccccc12)N(C(C)=O)c1cncn1Cc1ccc(C#N)cc1. The van der Waals surface area contributed by atoms with Gasteiger partial charge in [0.15, 0.2) is 0 Å². The number of amides is 2. The van der Waals surface area contributed by atoms with Gasteiger partial charge in [0.25, 0.3) is 0 Å². The van der Waals surface area contributed by atoms with Crippen molar-refractivity contribution in [1.29, 1.82) is 5.26 Å². The van der Waals surface area contributed by atoms with Crippen LogP contribution in [0.3, 0.4) is 0 Å². The van der Waals surface area contributed by atoms with E-state index in [1.165, 1.54) is 6.42 Å². The van der Waals surface area contributed by atoms with Gasteiger partial charge in [0.05, 0.1) is 43.3 Å². The van der Waals surface area contributed by atoms with E-state index in [0.29, 0.717) is 31.0 Å². The van der Waals surface area contributed by atoms with E-state index in [1.54, 1.807) is 31.6 Å². The molecule has 4 aromatic rings. The number of benzene rings is 3. The molecular weight excluding hydrogens is 574 g/mol. The van der Waals surface area contributed by atoms with Gasteiger partial charge in [-0.15, -0.1) is 0 Å². The molecule has 46 heavy (non-hydrogen) atoms. The van der Waals surface area contributed by atoms with Crippen LogP contribution in [0.15, 0.2) is 79.3 Å². The fraction of sp³-hybridized carbons (Fsp3) is 0.405. The van der Waals surface area contributed by atoms with Crippen LogP contribution in [0.4, 0.5) is 5.82 Å². The molecule has 2 amide bonds. The Labute approximate surface area is 272 Å². The molecule has 1 aromatic heterocycles. The predicted molar refractivity (Wildman–Crippen MR) is 182 cm³/mol. The van der Waals surface area contributed by atoms with E-state index in [-0.39, 0.29) is 30.3 Å². The van der Waals surface area contributed by atoms with Crippen LogP contribution < -0.4 is 10.3 Å². The van der Waals surface area contributed by atoms with Gasteiger partial charge >= 0.3 is 0 Å². The Bertz CT molecular complexity index is 1650. The molecule has 1 saturated heterocycles. The third-order valence-corrected chi connectivity index (χ3v) is 9.07. The maximum atomic E-state index is 13.5. The van der Waals surface area contributed by atoms with E-state index in [2.05, 4.69) is 65.6 Å². The monoisotopic (exact) mass is 619 g/mol. The highest BCUT2D eigenvalue weighted by Gasteiger charge is 2.32. The van der Waals surface area contributed by atoms with Crippen molar-refractivity contribution in [2.24, 2.45) is 5.92 Å². The van der Waals surface area contributed by atoms with Crippen LogP contribution in [0.1, 0.15) is 63.1 Å². The Balaban J connectivity index is 1.45. The van der Waals surface area contributed by atoms with Gasteiger partial charge in [0, 0.05) is 33.1 Å². The molecule has 2 atom stereocenters. The number of carbonyl (C=O) groups excluding carboxylic acids is 2. The molecule has 0 aliphatic carbocycles. The molecule has 2 heterocycles. The lowest BCUT2D eigenvalue weighted by molar-refractivity contribution is -0.127. The maximum absolute atomic E-state index is 13.5. The third-order valence-electron chi connectivity index (χ3n) is 9.07. The summed E-state index contributed by atoms with van der Waals surface area (Å²) in [6.07, 6.45) is 7.72. The van der Waals surface area contributed by atoms with Gasteiger partial charge in [0.2, 0.25) is 11.8 Å². The average molecular weight is 620 g/mol. The molecule has 0 saturated carbocycles. The number of aromatic nitrogens is 2. The summed E-state index contributed by atoms with van der Waals surface area (Å²) in [7, 11) is 0. The second kappa shape index (κ2) is 15.7. The molecule has 0 radical (unpaired) electrons. The Morgan fingerprint density at radius 1 is 1.02 bits per heavy atom. The van der Waals surface area contributed by atoms with Crippen LogP contribution in [0.25, 0.3) is 10.8 Å². The third kappa shape index (κ3) is 8.19. The number of nitriles is 1. The van der Waals surface area contributed by atoms with E-state index in [1.807, 2.05) is 38.7 Å². The molecule has 5 rings (SSSR count). The molecule has 9 nitrogen and oxygen atoms in total. The molecule has 9 heteroatoms. The van der Waals surface area contributed by atoms with Crippen LogP contribution in [0.5, 0.6) is 0 Å². The van der Waals surface area contributed by atoms with E-state index in [4.69, 9.17) is 0 Å². The predicted octanol–water partition coefficient (Wildman–Crippen LogP) is 5.74. The summed E-state index contributed by atoms with van der Waals surface area (Å²) in [6, 6.07) is 24.1. The van der Waals surface area contributed by atoms with Crippen molar-refractivity contribution in [1.82, 2.24) is 24.9 Å². The van der Waals surface area contributed by atoms with Crippen LogP contribution in [-0.4, -0.2) is 63.5 Å². The summed E-state index contributed by atoms with van der Waals surface area (Å²) in [5, 5.41) is 13.6. The summed E-state index contributed by atoms with van der Waals surface area (Å²) in [5.41, 5.74) is 5.91. The molecule has 240 valence electrons. The molecule has 1 fully saturated rings. The molecule has 0 spiro atoms. The van der Waals surface area contributed by atoms with E-state index in [9.17, 15) is 14.9 Å². The zero-order chi connectivity index (χ0) is 32.5. The van der Waals surface area contributed by atoms with Crippen molar-refractivity contribution < 1.29 is 9.59 Å². The van der Waals surface area contributed by atoms with Crippen LogP contribution in [-0.2, 0) is 22.7 Å². The topological polar surface area (TPSA) is 97.5 Å². The van der Waals surface area contributed by atoms with Gasteiger partial charge in [-0.05, 0) is 52.8 Å². The Morgan fingerprint density at radius 2 is 1.76 bits per heavy atom. The van der Waals surface area contributed by atoms with Crippen LogP contribution in [0.2, 0.25) is 0 Å². The molecular formula is C37H45N7O2. The molecule has 1 aliphatic heterocycles. The number of anilines is 1. The first-order valence-electron chi connectivity index (χ1n) is 16.4. The van der Waals surface area contributed by atoms with Crippen LogP contribution in [0, 0.1) is 17.2 Å². The first-order chi connectivity index (χ1) is 22.4. The van der Waals surface area contributed by atoms with E-state index in [0.717, 1.165) is 54.3 Å². The first kappa shape index (κ1) is 32.9. The molecule has 2 unspecified atom stereocenters. The summed E-state index contributed by atoms with van der Waals surface area (Å²) in [6.45, 7) is 9.45. The normalized spacial score (nSPS) is 14.9. The lowest BCUT2D eigenvalue weighted by atomic mass is 9.96. The first-order valence-corrected chi connectivity index (χ1v) is 16.4. The minimum Gasteiger partial charge on any atom is -0.313 e. The van der Waals surface area contributed by atoms with Crippen molar-refractivity contribution in [3.63, 3.8) is 0 Å². The number of fused-ring (bicyclic) bond motifs is 1. The van der Waals surface area contributed by atoms with E-state index < -0.39 is 0 Å². The Kier molecular flexibility index (Phi) is 11.2. The van der Waals surface area contributed by atoms with Crippen molar-refractivity contribution in [3.05, 3.63) is 95.9 Å². The molecule has 3 aromatic carbocycles. The van der Waals surface area contributed by atoms with Gasteiger partial charge in [0.1, 0.15) is 5.82 Å². The minimum atomic E-state index is -0.211. The Morgan fingerprint density at radius 3 is 2.48 bits per heavy atom. The second-order valence-corrected chi connectivity index (χ2v) is 12.4.